The Morgan fingerprint density at radius 1 is 1.43 bits per heavy atom. The van der Waals surface area contributed by atoms with Gasteiger partial charge in [-0.15, -0.1) is 0 Å². The van der Waals surface area contributed by atoms with E-state index in [2.05, 4.69) is 0 Å². The van der Waals surface area contributed by atoms with Gasteiger partial charge in [0.25, 0.3) is 0 Å². The summed E-state index contributed by atoms with van der Waals surface area (Å²) in [5.41, 5.74) is 4.93. The lowest BCUT2D eigenvalue weighted by atomic mass is 10.1. The van der Waals surface area contributed by atoms with Gasteiger partial charge >= 0.3 is 5.97 Å². The van der Waals surface area contributed by atoms with Crippen molar-refractivity contribution in [1.29, 1.82) is 0 Å². The Balaban J connectivity index is 2.47. The molecule has 0 radical (unpaired) electrons. The molecule has 1 heterocycles. The molecular weight excluding hydrogens is 296 g/mol. The van der Waals surface area contributed by atoms with Crippen molar-refractivity contribution in [3.05, 3.63) is 23.8 Å². The summed E-state index contributed by atoms with van der Waals surface area (Å²) in [5, 5.41) is 8.90. The van der Waals surface area contributed by atoms with E-state index in [0.29, 0.717) is 13.2 Å². The molecule has 3 N–H and O–H groups in total. The minimum atomic E-state index is -3.81. The quantitative estimate of drug-likeness (QED) is 0.797. The highest BCUT2D eigenvalue weighted by Gasteiger charge is 2.40. The highest BCUT2D eigenvalue weighted by atomic mass is 32.2. The zero-order valence-corrected chi connectivity index (χ0v) is 12.7. The molecule has 116 valence electrons. The number of benzene rings is 1. The van der Waals surface area contributed by atoms with E-state index >= 15 is 0 Å². The van der Waals surface area contributed by atoms with Crippen molar-refractivity contribution in [2.24, 2.45) is 0 Å². The number of morpholine rings is 1. The maximum absolute atomic E-state index is 12.7. The molecule has 0 bridgehead atoms. The summed E-state index contributed by atoms with van der Waals surface area (Å²) >= 11 is 0. The summed E-state index contributed by atoms with van der Waals surface area (Å²) in [7, 11) is -3.81. The monoisotopic (exact) mass is 314 g/mol. The van der Waals surface area contributed by atoms with Crippen LogP contribution >= 0.6 is 0 Å². The minimum absolute atomic E-state index is 0.0484. The predicted octanol–water partition coefficient (Wildman–Crippen LogP) is 0.766. The summed E-state index contributed by atoms with van der Waals surface area (Å²) in [4.78, 5) is 10.8. The number of anilines is 1. The van der Waals surface area contributed by atoms with Crippen LogP contribution in [0.2, 0.25) is 0 Å². The van der Waals surface area contributed by atoms with Gasteiger partial charge in [-0.1, -0.05) is 0 Å². The molecule has 2 rings (SSSR count). The number of nitrogen functional groups attached to an aromatic ring is 1. The van der Waals surface area contributed by atoms with Crippen LogP contribution in [0, 0.1) is 0 Å². The van der Waals surface area contributed by atoms with Gasteiger partial charge in [-0.2, -0.15) is 4.31 Å². The smallest absolute Gasteiger partial charge is 0.335 e. The molecule has 1 aromatic rings. The standard InChI is InChI=1S/C13H18N2O5S/c1-13(2)8-20-6-5-15(13)21(18,19)11-4-3-9(12(16)17)7-10(11)14/h3-4,7H,5-6,8,14H2,1-2H3,(H,16,17). The molecule has 0 amide bonds. The van der Waals surface area contributed by atoms with E-state index < -0.39 is 21.5 Å². The molecule has 0 unspecified atom stereocenters. The van der Waals surface area contributed by atoms with Crippen LogP contribution in [0.25, 0.3) is 0 Å². The normalized spacial score (nSPS) is 19.3. The van der Waals surface area contributed by atoms with Gasteiger partial charge in [0, 0.05) is 6.54 Å². The molecule has 0 atom stereocenters. The van der Waals surface area contributed by atoms with Crippen molar-refractivity contribution in [1.82, 2.24) is 4.31 Å². The van der Waals surface area contributed by atoms with Gasteiger partial charge in [-0.3, -0.25) is 0 Å². The van der Waals surface area contributed by atoms with Crippen LogP contribution in [-0.4, -0.2) is 49.1 Å². The molecule has 1 aliphatic heterocycles. The summed E-state index contributed by atoms with van der Waals surface area (Å²) in [6, 6.07) is 3.63. The molecule has 1 saturated heterocycles. The van der Waals surface area contributed by atoms with Crippen LogP contribution in [0.3, 0.4) is 0 Å². The van der Waals surface area contributed by atoms with E-state index in [1.54, 1.807) is 13.8 Å². The third-order valence-corrected chi connectivity index (χ3v) is 5.58. The molecule has 1 aromatic carbocycles. The van der Waals surface area contributed by atoms with Crippen molar-refractivity contribution in [2.75, 3.05) is 25.5 Å². The number of aromatic carboxylic acids is 1. The fourth-order valence-electron chi connectivity index (χ4n) is 2.32. The van der Waals surface area contributed by atoms with E-state index in [4.69, 9.17) is 15.6 Å². The van der Waals surface area contributed by atoms with Gasteiger partial charge in [0.15, 0.2) is 0 Å². The van der Waals surface area contributed by atoms with Crippen molar-refractivity contribution in [3.8, 4) is 0 Å². The number of sulfonamides is 1. The number of carboxylic acids is 1. The number of rotatable bonds is 3. The third kappa shape index (κ3) is 2.87. The Morgan fingerprint density at radius 2 is 2.10 bits per heavy atom. The first kappa shape index (κ1) is 15.7. The molecule has 0 spiro atoms. The zero-order chi connectivity index (χ0) is 15.8. The molecular formula is C13H18N2O5S. The molecule has 8 heteroatoms. The first-order valence-electron chi connectivity index (χ1n) is 6.40. The van der Waals surface area contributed by atoms with E-state index in [9.17, 15) is 13.2 Å². The molecule has 7 nitrogen and oxygen atoms in total. The summed E-state index contributed by atoms with van der Waals surface area (Å²) in [6.45, 7) is 4.38. The fourth-order valence-corrected chi connectivity index (χ4v) is 4.18. The SMILES string of the molecule is CC1(C)COCCN1S(=O)(=O)c1ccc(C(=O)O)cc1N. The number of nitrogens with two attached hydrogens (primary N) is 1. The molecule has 0 saturated carbocycles. The Labute approximate surface area is 123 Å². The highest BCUT2D eigenvalue weighted by molar-refractivity contribution is 7.89. The Hall–Kier alpha value is -1.64. The largest absolute Gasteiger partial charge is 0.478 e. The molecule has 0 aliphatic carbocycles. The second-order valence-electron chi connectivity index (χ2n) is 5.50. The van der Waals surface area contributed by atoms with Crippen molar-refractivity contribution in [3.63, 3.8) is 0 Å². The van der Waals surface area contributed by atoms with Crippen LogP contribution in [0.1, 0.15) is 24.2 Å². The van der Waals surface area contributed by atoms with Gasteiger partial charge in [0.1, 0.15) is 4.90 Å². The topological polar surface area (TPSA) is 110 Å². The van der Waals surface area contributed by atoms with E-state index in [1.807, 2.05) is 0 Å². The number of ether oxygens (including phenoxy) is 1. The van der Waals surface area contributed by atoms with Crippen molar-refractivity contribution >= 4 is 21.7 Å². The lowest BCUT2D eigenvalue weighted by Crippen LogP contribution is -2.55. The van der Waals surface area contributed by atoms with Crippen LogP contribution in [-0.2, 0) is 14.8 Å². The van der Waals surface area contributed by atoms with Crippen LogP contribution in [0.5, 0.6) is 0 Å². The number of nitrogens with zero attached hydrogens (tertiary/aromatic N) is 1. The Bertz CT molecular complexity index is 669. The lowest BCUT2D eigenvalue weighted by molar-refractivity contribution is -0.00769. The Kier molecular flexibility index (Phi) is 3.96. The summed E-state index contributed by atoms with van der Waals surface area (Å²) in [5.74, 6) is -1.16. The first-order chi connectivity index (χ1) is 9.66. The average molecular weight is 314 g/mol. The fraction of sp³-hybridized carbons (Fsp3) is 0.462. The van der Waals surface area contributed by atoms with Gasteiger partial charge in [0.05, 0.1) is 30.0 Å². The maximum Gasteiger partial charge on any atom is 0.335 e. The predicted molar refractivity (Wildman–Crippen MR) is 76.6 cm³/mol. The number of carboxylic acid groups (broad SMARTS) is 1. The van der Waals surface area contributed by atoms with Crippen molar-refractivity contribution in [2.45, 2.75) is 24.3 Å². The molecule has 1 fully saturated rings. The molecule has 1 aliphatic rings. The minimum Gasteiger partial charge on any atom is -0.478 e. The van der Waals surface area contributed by atoms with Crippen molar-refractivity contribution < 1.29 is 23.1 Å². The van der Waals surface area contributed by atoms with Crippen LogP contribution in [0.15, 0.2) is 23.1 Å². The third-order valence-electron chi connectivity index (χ3n) is 3.39. The number of hydrogen-bond acceptors (Lipinski definition) is 5. The molecule has 21 heavy (non-hydrogen) atoms. The van der Waals surface area contributed by atoms with Gasteiger partial charge < -0.3 is 15.6 Å². The van der Waals surface area contributed by atoms with E-state index in [1.165, 1.54) is 16.4 Å². The molecule has 0 aromatic heterocycles. The maximum atomic E-state index is 12.7. The first-order valence-corrected chi connectivity index (χ1v) is 7.84. The van der Waals surface area contributed by atoms with Crippen LogP contribution in [0.4, 0.5) is 5.69 Å². The van der Waals surface area contributed by atoms with E-state index in [-0.39, 0.29) is 22.7 Å². The summed E-state index contributed by atoms with van der Waals surface area (Å²) in [6.07, 6.45) is 0. The zero-order valence-electron chi connectivity index (χ0n) is 11.9. The summed E-state index contributed by atoms with van der Waals surface area (Å²) < 4.78 is 32.2. The Morgan fingerprint density at radius 3 is 2.62 bits per heavy atom. The number of hydrogen-bond donors (Lipinski definition) is 2. The van der Waals surface area contributed by atoms with Gasteiger partial charge in [0.2, 0.25) is 10.0 Å². The highest BCUT2D eigenvalue weighted by Crippen LogP contribution is 2.30. The lowest BCUT2D eigenvalue weighted by Gasteiger charge is -2.40. The van der Waals surface area contributed by atoms with Crippen LogP contribution < -0.4 is 5.73 Å². The second-order valence-corrected chi connectivity index (χ2v) is 7.33. The van der Waals surface area contributed by atoms with E-state index in [0.717, 1.165) is 6.07 Å². The second kappa shape index (κ2) is 5.28. The van der Waals surface area contributed by atoms with Gasteiger partial charge in [-0.05, 0) is 32.0 Å². The van der Waals surface area contributed by atoms with Gasteiger partial charge in [-0.25, -0.2) is 13.2 Å². The average Bonchev–Trinajstić information content (AvgIpc) is 2.37. The number of carbonyl (C=O) groups is 1.